The lowest BCUT2D eigenvalue weighted by Crippen LogP contribution is -2.02. The summed E-state index contributed by atoms with van der Waals surface area (Å²) in [5.74, 6) is 1.00. The normalized spacial score (nSPS) is 10.6. The van der Waals surface area contributed by atoms with Crippen molar-refractivity contribution >= 4 is 47.8 Å². The monoisotopic (exact) mass is 426 g/mol. The molecule has 1 nitrogen and oxygen atoms in total. The van der Waals surface area contributed by atoms with Gasteiger partial charge in [-0.05, 0) is 52.9 Å². The molecule has 1 aromatic rings. The van der Waals surface area contributed by atoms with Gasteiger partial charge in [0.05, 0.1) is 11.1 Å². The van der Waals surface area contributed by atoms with Gasteiger partial charge in [0.15, 0.2) is 0 Å². The fraction of sp³-hybridized carbons (Fsp3) is 0.538. The molecule has 96 valence electrons. The third kappa shape index (κ3) is 5.31. The van der Waals surface area contributed by atoms with Crippen molar-refractivity contribution in [2.45, 2.75) is 32.6 Å². The van der Waals surface area contributed by atoms with Gasteiger partial charge in [0.2, 0.25) is 0 Å². The molecule has 0 aliphatic heterocycles. The van der Waals surface area contributed by atoms with E-state index in [2.05, 4.69) is 60.8 Å². The van der Waals surface area contributed by atoms with Crippen LogP contribution in [0, 0.1) is 0 Å². The first-order valence-electron chi connectivity index (χ1n) is 5.85. The lowest BCUT2D eigenvalue weighted by molar-refractivity contribution is 0.313. The van der Waals surface area contributed by atoms with Crippen molar-refractivity contribution < 1.29 is 4.74 Å². The molecule has 0 saturated carbocycles. The van der Waals surface area contributed by atoms with Gasteiger partial charge >= 0.3 is 0 Å². The summed E-state index contributed by atoms with van der Waals surface area (Å²) in [6, 6.07) is 4.20. The Morgan fingerprint density at radius 3 is 2.59 bits per heavy atom. The lowest BCUT2D eigenvalue weighted by atomic mass is 10.1. The number of rotatable bonds is 7. The van der Waals surface area contributed by atoms with E-state index in [4.69, 9.17) is 4.74 Å². The number of aryl methyl sites for hydroxylation is 1. The first-order valence-corrected chi connectivity index (χ1v) is 8.56. The predicted octanol–water partition coefficient (Wildman–Crippen LogP) is 5.72. The predicted molar refractivity (Wildman–Crippen MR) is 84.4 cm³/mol. The van der Waals surface area contributed by atoms with Crippen LogP contribution in [0.1, 0.15) is 31.7 Å². The summed E-state index contributed by atoms with van der Waals surface area (Å²) in [6.07, 6.45) is 4.48. The van der Waals surface area contributed by atoms with E-state index in [0.29, 0.717) is 0 Å². The summed E-state index contributed by atoms with van der Waals surface area (Å²) < 4.78 is 8.00. The van der Waals surface area contributed by atoms with Crippen LogP contribution in [0.25, 0.3) is 0 Å². The van der Waals surface area contributed by atoms with Crippen molar-refractivity contribution in [2.24, 2.45) is 0 Å². The topological polar surface area (TPSA) is 9.23 Å². The van der Waals surface area contributed by atoms with Crippen LogP contribution in [-0.2, 0) is 6.42 Å². The molecule has 0 spiro atoms. The van der Waals surface area contributed by atoms with Crippen LogP contribution >= 0.6 is 47.8 Å². The SMILES string of the molecule is CCCCc1cc(Br)cc(Br)c1OCCCBr. The van der Waals surface area contributed by atoms with Gasteiger partial charge in [0.25, 0.3) is 0 Å². The smallest absolute Gasteiger partial charge is 0.136 e. The van der Waals surface area contributed by atoms with Crippen LogP contribution in [0.2, 0.25) is 0 Å². The van der Waals surface area contributed by atoms with E-state index in [0.717, 1.165) is 39.5 Å². The second kappa shape index (κ2) is 8.54. The summed E-state index contributed by atoms with van der Waals surface area (Å²) in [4.78, 5) is 0. The summed E-state index contributed by atoms with van der Waals surface area (Å²) in [7, 11) is 0. The Morgan fingerprint density at radius 2 is 1.94 bits per heavy atom. The van der Waals surface area contributed by atoms with Crippen molar-refractivity contribution in [3.8, 4) is 5.75 Å². The zero-order chi connectivity index (χ0) is 12.7. The second-order valence-corrected chi connectivity index (χ2v) is 6.43. The average molecular weight is 429 g/mol. The van der Waals surface area contributed by atoms with Crippen LogP contribution in [0.4, 0.5) is 0 Å². The van der Waals surface area contributed by atoms with Gasteiger partial charge in [-0.2, -0.15) is 0 Å². The van der Waals surface area contributed by atoms with Crippen molar-refractivity contribution in [1.29, 1.82) is 0 Å². The first-order chi connectivity index (χ1) is 8.19. The molecule has 0 fully saturated rings. The highest BCUT2D eigenvalue weighted by atomic mass is 79.9. The third-order valence-corrected chi connectivity index (χ3v) is 4.02. The van der Waals surface area contributed by atoms with Crippen molar-refractivity contribution in [3.05, 3.63) is 26.6 Å². The van der Waals surface area contributed by atoms with Crippen LogP contribution < -0.4 is 4.74 Å². The Labute approximate surface area is 129 Å². The van der Waals surface area contributed by atoms with Gasteiger partial charge in [-0.1, -0.05) is 45.2 Å². The highest BCUT2D eigenvalue weighted by Crippen LogP contribution is 2.34. The van der Waals surface area contributed by atoms with E-state index in [1.54, 1.807) is 0 Å². The molecular weight excluding hydrogens is 412 g/mol. The Bertz CT molecular complexity index is 353. The molecule has 0 N–H and O–H groups in total. The summed E-state index contributed by atoms with van der Waals surface area (Å²) in [6.45, 7) is 2.96. The number of benzene rings is 1. The molecule has 0 amide bonds. The maximum absolute atomic E-state index is 5.86. The van der Waals surface area contributed by atoms with E-state index in [1.807, 2.05) is 6.07 Å². The van der Waals surface area contributed by atoms with Gasteiger partial charge in [-0.25, -0.2) is 0 Å². The van der Waals surface area contributed by atoms with E-state index >= 15 is 0 Å². The van der Waals surface area contributed by atoms with E-state index in [-0.39, 0.29) is 0 Å². The zero-order valence-electron chi connectivity index (χ0n) is 9.94. The number of hydrogen-bond donors (Lipinski definition) is 0. The largest absolute Gasteiger partial charge is 0.492 e. The van der Waals surface area contributed by atoms with Crippen LogP contribution in [-0.4, -0.2) is 11.9 Å². The Hall–Kier alpha value is 0.460. The maximum Gasteiger partial charge on any atom is 0.136 e. The Morgan fingerprint density at radius 1 is 1.18 bits per heavy atom. The number of hydrogen-bond acceptors (Lipinski definition) is 1. The summed E-state index contributed by atoms with van der Waals surface area (Å²) in [5, 5.41) is 0.978. The minimum atomic E-state index is 0.755. The van der Waals surface area contributed by atoms with Crippen molar-refractivity contribution in [3.63, 3.8) is 0 Å². The van der Waals surface area contributed by atoms with E-state index in [1.165, 1.54) is 18.4 Å². The minimum absolute atomic E-state index is 0.755. The van der Waals surface area contributed by atoms with E-state index < -0.39 is 0 Å². The maximum atomic E-state index is 5.86. The van der Waals surface area contributed by atoms with E-state index in [9.17, 15) is 0 Å². The molecule has 0 unspecified atom stereocenters. The molecule has 0 bridgehead atoms. The van der Waals surface area contributed by atoms with Crippen LogP contribution in [0.3, 0.4) is 0 Å². The van der Waals surface area contributed by atoms with Gasteiger partial charge < -0.3 is 4.74 Å². The number of unbranched alkanes of at least 4 members (excludes halogenated alkanes) is 1. The van der Waals surface area contributed by atoms with Gasteiger partial charge in [0.1, 0.15) is 5.75 Å². The van der Waals surface area contributed by atoms with Crippen molar-refractivity contribution in [2.75, 3.05) is 11.9 Å². The van der Waals surface area contributed by atoms with Crippen molar-refractivity contribution in [1.82, 2.24) is 0 Å². The number of alkyl halides is 1. The molecule has 17 heavy (non-hydrogen) atoms. The second-order valence-electron chi connectivity index (χ2n) is 3.87. The highest BCUT2D eigenvalue weighted by molar-refractivity contribution is 9.11. The number of halogens is 3. The first kappa shape index (κ1) is 15.5. The van der Waals surface area contributed by atoms with Crippen LogP contribution in [0.15, 0.2) is 21.1 Å². The average Bonchev–Trinajstić information content (AvgIpc) is 2.29. The lowest BCUT2D eigenvalue weighted by Gasteiger charge is -2.13. The molecule has 0 aliphatic carbocycles. The zero-order valence-corrected chi connectivity index (χ0v) is 14.7. The summed E-state index contributed by atoms with van der Waals surface area (Å²) in [5.41, 5.74) is 1.28. The number of ether oxygens (including phenoxy) is 1. The highest BCUT2D eigenvalue weighted by Gasteiger charge is 2.09. The standard InChI is InChI=1S/C13H17Br3O/c1-2-3-5-10-8-11(15)9-12(16)13(10)17-7-4-6-14/h8-9H,2-7H2,1H3. The molecule has 0 aliphatic rings. The Kier molecular flexibility index (Phi) is 7.80. The van der Waals surface area contributed by atoms with Gasteiger partial charge in [0, 0.05) is 9.80 Å². The molecular formula is C13H17Br3O. The molecule has 4 heteroatoms. The third-order valence-electron chi connectivity index (χ3n) is 2.41. The van der Waals surface area contributed by atoms with Gasteiger partial charge in [-0.15, -0.1) is 0 Å². The fourth-order valence-electron chi connectivity index (χ4n) is 1.56. The minimum Gasteiger partial charge on any atom is -0.492 e. The molecule has 1 rings (SSSR count). The molecule has 0 atom stereocenters. The molecule has 0 aromatic heterocycles. The fourth-order valence-corrected chi connectivity index (χ4v) is 3.21. The molecule has 0 radical (unpaired) electrons. The quantitative estimate of drug-likeness (QED) is 0.398. The summed E-state index contributed by atoms with van der Waals surface area (Å²) >= 11 is 10.5. The molecule has 1 aromatic carbocycles. The Balaban J connectivity index is 2.82. The van der Waals surface area contributed by atoms with Crippen LogP contribution in [0.5, 0.6) is 5.75 Å². The van der Waals surface area contributed by atoms with Gasteiger partial charge in [-0.3, -0.25) is 0 Å². The molecule has 0 saturated heterocycles. The molecule has 0 heterocycles.